The molecule has 1 aromatic rings. The SMILES string of the molecule is CO[C@H]1CN(CC(=O)Nc2cccc(C(F)(F)F)c2)CC[C@@]12CCCO2. The van der Waals surface area contributed by atoms with Crippen LogP contribution in [0, 0.1) is 0 Å². The van der Waals surface area contributed by atoms with Crippen molar-refractivity contribution in [3.8, 4) is 0 Å². The minimum Gasteiger partial charge on any atom is -0.377 e. The zero-order chi connectivity index (χ0) is 18.8. The molecule has 2 aliphatic heterocycles. The summed E-state index contributed by atoms with van der Waals surface area (Å²) in [5, 5.41) is 2.54. The van der Waals surface area contributed by atoms with Crippen molar-refractivity contribution >= 4 is 11.6 Å². The summed E-state index contributed by atoms with van der Waals surface area (Å²) in [7, 11) is 1.64. The summed E-state index contributed by atoms with van der Waals surface area (Å²) in [6.07, 6.45) is -1.80. The lowest BCUT2D eigenvalue weighted by Crippen LogP contribution is -2.57. The zero-order valence-corrected chi connectivity index (χ0v) is 14.6. The zero-order valence-electron chi connectivity index (χ0n) is 14.6. The smallest absolute Gasteiger partial charge is 0.377 e. The molecule has 1 spiro atoms. The average Bonchev–Trinajstić information content (AvgIpc) is 3.05. The summed E-state index contributed by atoms with van der Waals surface area (Å²) >= 11 is 0. The Hall–Kier alpha value is -1.64. The molecule has 0 bridgehead atoms. The summed E-state index contributed by atoms with van der Waals surface area (Å²) in [6.45, 7) is 2.09. The van der Waals surface area contributed by atoms with E-state index in [2.05, 4.69) is 5.32 Å². The fourth-order valence-electron chi connectivity index (χ4n) is 3.78. The summed E-state index contributed by atoms with van der Waals surface area (Å²) in [6, 6.07) is 4.64. The lowest BCUT2D eigenvalue weighted by atomic mass is 9.86. The molecule has 1 amide bonds. The van der Waals surface area contributed by atoms with Gasteiger partial charge < -0.3 is 14.8 Å². The molecule has 2 atom stereocenters. The number of anilines is 1. The van der Waals surface area contributed by atoms with Gasteiger partial charge in [0.1, 0.15) is 0 Å². The largest absolute Gasteiger partial charge is 0.416 e. The monoisotopic (exact) mass is 372 g/mol. The molecule has 0 unspecified atom stereocenters. The van der Waals surface area contributed by atoms with Crippen LogP contribution in [0.4, 0.5) is 18.9 Å². The third kappa shape index (κ3) is 4.19. The van der Waals surface area contributed by atoms with Crippen LogP contribution >= 0.6 is 0 Å². The Balaban J connectivity index is 1.57. The third-order valence-electron chi connectivity index (χ3n) is 5.12. The highest BCUT2D eigenvalue weighted by Crippen LogP contribution is 2.37. The maximum Gasteiger partial charge on any atom is 0.416 e. The van der Waals surface area contributed by atoms with Gasteiger partial charge in [0.15, 0.2) is 0 Å². The number of nitrogens with zero attached hydrogens (tertiary/aromatic N) is 1. The second kappa shape index (κ2) is 7.54. The molecule has 2 aliphatic rings. The number of nitrogens with one attached hydrogen (secondary N) is 1. The average molecular weight is 372 g/mol. The van der Waals surface area contributed by atoms with Gasteiger partial charge in [-0.3, -0.25) is 9.69 Å². The molecule has 0 aromatic heterocycles. The Labute approximate surface area is 150 Å². The fraction of sp³-hybridized carbons (Fsp3) is 0.611. The molecule has 1 N–H and O–H groups in total. The van der Waals surface area contributed by atoms with Crippen LogP contribution in [-0.4, -0.2) is 55.9 Å². The summed E-state index contributed by atoms with van der Waals surface area (Å²) < 4.78 is 49.8. The molecule has 26 heavy (non-hydrogen) atoms. The van der Waals surface area contributed by atoms with Crippen LogP contribution < -0.4 is 5.32 Å². The number of hydrogen-bond donors (Lipinski definition) is 1. The number of methoxy groups -OCH3 is 1. The van der Waals surface area contributed by atoms with Crippen molar-refractivity contribution in [2.75, 3.05) is 38.7 Å². The number of rotatable bonds is 4. The highest BCUT2D eigenvalue weighted by Gasteiger charge is 2.46. The van der Waals surface area contributed by atoms with Gasteiger partial charge in [-0.2, -0.15) is 13.2 Å². The van der Waals surface area contributed by atoms with E-state index in [1.54, 1.807) is 7.11 Å². The van der Waals surface area contributed by atoms with Gasteiger partial charge in [0.2, 0.25) is 5.91 Å². The molecule has 3 rings (SSSR count). The predicted octanol–water partition coefficient (Wildman–Crippen LogP) is 2.91. The molecule has 144 valence electrons. The summed E-state index contributed by atoms with van der Waals surface area (Å²) in [5.41, 5.74) is -0.906. The van der Waals surface area contributed by atoms with Crippen molar-refractivity contribution in [3.63, 3.8) is 0 Å². The maximum absolute atomic E-state index is 12.8. The molecule has 0 saturated carbocycles. The Bertz CT molecular complexity index is 645. The lowest BCUT2D eigenvalue weighted by molar-refractivity contribution is -0.145. The minimum absolute atomic E-state index is 0.103. The molecular formula is C18H23F3N2O3. The number of benzene rings is 1. The summed E-state index contributed by atoms with van der Waals surface area (Å²) in [5.74, 6) is -0.345. The Kier molecular flexibility index (Phi) is 5.55. The third-order valence-corrected chi connectivity index (χ3v) is 5.12. The quantitative estimate of drug-likeness (QED) is 0.883. The molecular weight excluding hydrogens is 349 g/mol. The number of amides is 1. The van der Waals surface area contributed by atoms with E-state index in [0.717, 1.165) is 38.0 Å². The fourth-order valence-corrected chi connectivity index (χ4v) is 3.78. The molecule has 2 fully saturated rings. The van der Waals surface area contributed by atoms with Crippen molar-refractivity contribution in [3.05, 3.63) is 29.8 Å². The molecule has 5 nitrogen and oxygen atoms in total. The molecule has 8 heteroatoms. The number of hydrogen-bond acceptors (Lipinski definition) is 4. The number of piperidine rings is 1. The predicted molar refractivity (Wildman–Crippen MR) is 89.8 cm³/mol. The minimum atomic E-state index is -4.44. The van der Waals surface area contributed by atoms with E-state index in [1.807, 2.05) is 4.90 Å². The Morgan fingerprint density at radius 2 is 2.23 bits per heavy atom. The van der Waals surface area contributed by atoms with Crippen LogP contribution in [0.15, 0.2) is 24.3 Å². The van der Waals surface area contributed by atoms with Gasteiger partial charge in [0.25, 0.3) is 0 Å². The first-order chi connectivity index (χ1) is 12.3. The van der Waals surface area contributed by atoms with Crippen molar-refractivity contribution in [1.82, 2.24) is 4.90 Å². The molecule has 2 heterocycles. The topological polar surface area (TPSA) is 50.8 Å². The van der Waals surface area contributed by atoms with Crippen LogP contribution in [0.25, 0.3) is 0 Å². The van der Waals surface area contributed by atoms with Crippen LogP contribution in [-0.2, 0) is 20.4 Å². The van der Waals surface area contributed by atoms with E-state index < -0.39 is 11.7 Å². The normalized spacial score (nSPS) is 27.0. The number of halogens is 3. The number of carbonyl (C=O) groups is 1. The van der Waals surface area contributed by atoms with E-state index in [-0.39, 0.29) is 29.8 Å². The summed E-state index contributed by atoms with van der Waals surface area (Å²) in [4.78, 5) is 14.2. The number of alkyl halides is 3. The van der Waals surface area contributed by atoms with E-state index >= 15 is 0 Å². The van der Waals surface area contributed by atoms with Crippen LogP contribution in [0.1, 0.15) is 24.8 Å². The van der Waals surface area contributed by atoms with Crippen molar-refractivity contribution < 1.29 is 27.4 Å². The van der Waals surface area contributed by atoms with Gasteiger partial charge in [-0.25, -0.2) is 0 Å². The van der Waals surface area contributed by atoms with Crippen molar-refractivity contribution in [2.45, 2.75) is 37.1 Å². The lowest BCUT2D eigenvalue weighted by Gasteiger charge is -2.44. The van der Waals surface area contributed by atoms with Gasteiger partial charge in [-0.1, -0.05) is 6.07 Å². The van der Waals surface area contributed by atoms with Gasteiger partial charge in [-0.15, -0.1) is 0 Å². The first kappa shape index (κ1) is 19.1. The van der Waals surface area contributed by atoms with E-state index in [9.17, 15) is 18.0 Å². The van der Waals surface area contributed by atoms with Gasteiger partial charge in [0, 0.05) is 32.5 Å². The maximum atomic E-state index is 12.8. The highest BCUT2D eigenvalue weighted by atomic mass is 19.4. The molecule has 0 radical (unpaired) electrons. The van der Waals surface area contributed by atoms with E-state index in [4.69, 9.17) is 9.47 Å². The van der Waals surface area contributed by atoms with Crippen molar-refractivity contribution in [1.29, 1.82) is 0 Å². The number of carbonyl (C=O) groups excluding carboxylic acids is 1. The van der Waals surface area contributed by atoms with Crippen LogP contribution in [0.5, 0.6) is 0 Å². The van der Waals surface area contributed by atoms with Gasteiger partial charge in [-0.05, 0) is 37.5 Å². The molecule has 1 aromatic carbocycles. The van der Waals surface area contributed by atoms with E-state index in [1.165, 1.54) is 12.1 Å². The van der Waals surface area contributed by atoms with Crippen LogP contribution in [0.2, 0.25) is 0 Å². The molecule has 2 saturated heterocycles. The Morgan fingerprint density at radius 1 is 1.42 bits per heavy atom. The van der Waals surface area contributed by atoms with Gasteiger partial charge in [0.05, 0.1) is 23.8 Å². The Morgan fingerprint density at radius 3 is 2.88 bits per heavy atom. The second-order valence-corrected chi connectivity index (χ2v) is 6.85. The standard InChI is InChI=1S/C18H23F3N2O3/c1-25-15-11-23(8-7-17(15)6-3-9-26-17)12-16(24)22-14-5-2-4-13(10-14)18(19,20)21/h2,4-5,10,15H,3,6-9,11-12H2,1H3,(H,22,24)/t15-,17-/m0/s1. The highest BCUT2D eigenvalue weighted by molar-refractivity contribution is 5.92. The first-order valence-electron chi connectivity index (χ1n) is 8.69. The number of likely N-dealkylation sites (tertiary alicyclic amines) is 1. The second-order valence-electron chi connectivity index (χ2n) is 6.85. The van der Waals surface area contributed by atoms with Gasteiger partial charge >= 0.3 is 6.18 Å². The van der Waals surface area contributed by atoms with Crippen molar-refractivity contribution in [2.24, 2.45) is 0 Å². The number of ether oxygens (including phenoxy) is 2. The first-order valence-corrected chi connectivity index (χ1v) is 8.69. The van der Waals surface area contributed by atoms with E-state index in [0.29, 0.717) is 13.1 Å². The molecule has 0 aliphatic carbocycles. The van der Waals surface area contributed by atoms with Crippen LogP contribution in [0.3, 0.4) is 0 Å².